The average molecular weight is 294 g/mol. The van der Waals surface area contributed by atoms with Crippen LogP contribution in [0.1, 0.15) is 32.1 Å². The molecule has 1 N–H and O–H groups in total. The predicted molar refractivity (Wildman–Crippen MR) is 76.5 cm³/mol. The molecule has 0 spiro atoms. The Labute approximate surface area is 124 Å². The van der Waals surface area contributed by atoms with Crippen molar-refractivity contribution in [2.75, 3.05) is 26.7 Å². The van der Waals surface area contributed by atoms with Gasteiger partial charge in [0.25, 0.3) is 0 Å². The minimum absolute atomic E-state index is 0.0833. The van der Waals surface area contributed by atoms with Crippen LogP contribution in [0.4, 0.5) is 4.79 Å². The largest absolute Gasteiger partial charge is 0.345 e. The highest BCUT2D eigenvalue weighted by Crippen LogP contribution is 2.14. The predicted octanol–water partition coefficient (Wildman–Crippen LogP) is 0.233. The van der Waals surface area contributed by atoms with Crippen molar-refractivity contribution >= 4 is 11.9 Å². The molecule has 1 fully saturated rings. The second kappa shape index (κ2) is 6.55. The van der Waals surface area contributed by atoms with Crippen LogP contribution in [0.5, 0.6) is 0 Å². The molecule has 21 heavy (non-hydrogen) atoms. The number of nitrogens with one attached hydrogen (secondary N) is 1. The Morgan fingerprint density at radius 2 is 2.19 bits per heavy atom. The van der Waals surface area contributed by atoms with Gasteiger partial charge in [-0.25, -0.2) is 14.5 Å². The van der Waals surface area contributed by atoms with Crippen LogP contribution in [0.15, 0.2) is 6.33 Å². The lowest BCUT2D eigenvalue weighted by atomic mass is 10.2. The van der Waals surface area contributed by atoms with Gasteiger partial charge in [-0.2, -0.15) is 5.10 Å². The first-order valence-corrected chi connectivity index (χ1v) is 7.23. The Balaban J connectivity index is 1.96. The zero-order chi connectivity index (χ0) is 15.4. The third-order valence-electron chi connectivity index (χ3n) is 3.64. The summed E-state index contributed by atoms with van der Waals surface area (Å²) in [6.45, 7) is 6.00. The van der Waals surface area contributed by atoms with E-state index >= 15 is 0 Å². The van der Waals surface area contributed by atoms with E-state index in [1.165, 1.54) is 6.33 Å². The Morgan fingerprint density at radius 1 is 1.43 bits per heavy atom. The summed E-state index contributed by atoms with van der Waals surface area (Å²) in [5.74, 6) is 0.578. The lowest BCUT2D eigenvalue weighted by molar-refractivity contribution is -0.122. The lowest BCUT2D eigenvalue weighted by Gasteiger charge is -2.20. The van der Waals surface area contributed by atoms with Crippen molar-refractivity contribution in [1.29, 1.82) is 0 Å². The first-order valence-electron chi connectivity index (χ1n) is 7.23. The van der Waals surface area contributed by atoms with E-state index in [0.717, 1.165) is 12.2 Å². The highest BCUT2D eigenvalue weighted by molar-refractivity contribution is 5.85. The highest BCUT2D eigenvalue weighted by atomic mass is 16.2. The molecule has 1 atom stereocenters. The van der Waals surface area contributed by atoms with E-state index in [9.17, 15) is 9.59 Å². The molecule has 1 aliphatic rings. The molecule has 0 aliphatic carbocycles. The SMILES string of the molecule is CC[C@H](NC(=O)CN1CCN(C)C1=O)c1ncnn1CC. The minimum Gasteiger partial charge on any atom is -0.345 e. The molecule has 3 amide bonds. The van der Waals surface area contributed by atoms with Crippen molar-refractivity contribution in [3.05, 3.63) is 12.2 Å². The monoisotopic (exact) mass is 294 g/mol. The molecule has 0 bridgehead atoms. The smallest absolute Gasteiger partial charge is 0.320 e. The number of hydrogen-bond acceptors (Lipinski definition) is 4. The molecule has 1 aromatic heterocycles. The normalized spacial score (nSPS) is 16.4. The van der Waals surface area contributed by atoms with Crippen molar-refractivity contribution in [1.82, 2.24) is 29.9 Å². The molecule has 1 aliphatic heterocycles. The van der Waals surface area contributed by atoms with Crippen LogP contribution in [0.25, 0.3) is 0 Å². The van der Waals surface area contributed by atoms with Gasteiger partial charge in [-0.3, -0.25) is 4.79 Å². The molecule has 0 saturated carbocycles. The molecule has 0 unspecified atom stereocenters. The molecule has 2 heterocycles. The molecule has 2 rings (SSSR count). The summed E-state index contributed by atoms with van der Waals surface area (Å²) in [5, 5.41) is 7.05. The van der Waals surface area contributed by atoms with Crippen LogP contribution in [0, 0.1) is 0 Å². The summed E-state index contributed by atoms with van der Waals surface area (Å²) in [6.07, 6.45) is 2.21. The lowest BCUT2D eigenvalue weighted by Crippen LogP contribution is -2.41. The molecular formula is C13H22N6O2. The first-order chi connectivity index (χ1) is 10.1. The van der Waals surface area contributed by atoms with Crippen LogP contribution in [-0.2, 0) is 11.3 Å². The van der Waals surface area contributed by atoms with E-state index in [1.54, 1.807) is 21.5 Å². The number of amides is 3. The number of nitrogens with zero attached hydrogens (tertiary/aromatic N) is 5. The summed E-state index contributed by atoms with van der Waals surface area (Å²) in [6, 6.07) is -0.287. The molecule has 0 aromatic carbocycles. The standard InChI is InChI=1S/C13H22N6O2/c1-4-10(12-14-9-15-19(12)5-2)16-11(20)8-18-7-6-17(3)13(18)21/h9-10H,4-8H2,1-3H3,(H,16,20)/t10-/m0/s1. The number of urea groups is 1. The van der Waals surface area contributed by atoms with Crippen LogP contribution in [0.3, 0.4) is 0 Å². The van der Waals surface area contributed by atoms with Crippen molar-refractivity contribution in [3.63, 3.8) is 0 Å². The van der Waals surface area contributed by atoms with Crippen molar-refractivity contribution in [2.24, 2.45) is 0 Å². The van der Waals surface area contributed by atoms with Gasteiger partial charge in [-0.05, 0) is 13.3 Å². The fourth-order valence-corrected chi connectivity index (χ4v) is 2.40. The summed E-state index contributed by atoms with van der Waals surface area (Å²) >= 11 is 0. The summed E-state index contributed by atoms with van der Waals surface area (Å²) in [4.78, 5) is 31.3. The van der Waals surface area contributed by atoms with Crippen molar-refractivity contribution < 1.29 is 9.59 Å². The van der Waals surface area contributed by atoms with E-state index < -0.39 is 0 Å². The molecule has 1 aromatic rings. The van der Waals surface area contributed by atoms with Crippen LogP contribution >= 0.6 is 0 Å². The fraction of sp³-hybridized carbons (Fsp3) is 0.692. The summed E-state index contributed by atoms with van der Waals surface area (Å²) in [5.41, 5.74) is 0. The quantitative estimate of drug-likeness (QED) is 0.814. The van der Waals surface area contributed by atoms with Gasteiger partial charge < -0.3 is 15.1 Å². The Bertz CT molecular complexity index is 515. The van der Waals surface area contributed by atoms with Gasteiger partial charge in [-0.1, -0.05) is 6.92 Å². The van der Waals surface area contributed by atoms with Gasteiger partial charge in [0.15, 0.2) is 0 Å². The van der Waals surface area contributed by atoms with Crippen LogP contribution in [-0.4, -0.2) is 63.2 Å². The fourth-order valence-electron chi connectivity index (χ4n) is 2.40. The first kappa shape index (κ1) is 15.3. The Kier molecular flexibility index (Phi) is 4.77. The van der Waals surface area contributed by atoms with Crippen molar-refractivity contribution in [2.45, 2.75) is 32.9 Å². The number of likely N-dealkylation sites (N-methyl/N-ethyl adjacent to an activating group) is 1. The summed E-state index contributed by atoms with van der Waals surface area (Å²) in [7, 11) is 1.73. The summed E-state index contributed by atoms with van der Waals surface area (Å²) < 4.78 is 1.77. The maximum atomic E-state index is 12.1. The maximum Gasteiger partial charge on any atom is 0.320 e. The zero-order valence-electron chi connectivity index (χ0n) is 12.7. The van der Waals surface area contributed by atoms with E-state index in [1.807, 2.05) is 13.8 Å². The van der Waals surface area contributed by atoms with E-state index in [0.29, 0.717) is 19.6 Å². The number of carbonyl (C=O) groups is 2. The number of carbonyl (C=O) groups excluding carboxylic acids is 2. The molecule has 8 nitrogen and oxygen atoms in total. The van der Waals surface area contributed by atoms with E-state index in [-0.39, 0.29) is 24.5 Å². The van der Waals surface area contributed by atoms with E-state index in [2.05, 4.69) is 15.4 Å². The molecule has 1 saturated heterocycles. The average Bonchev–Trinajstić information content (AvgIpc) is 3.06. The number of aryl methyl sites for hydroxylation is 1. The van der Waals surface area contributed by atoms with E-state index in [4.69, 9.17) is 0 Å². The van der Waals surface area contributed by atoms with Gasteiger partial charge in [-0.15, -0.1) is 0 Å². The molecule has 8 heteroatoms. The van der Waals surface area contributed by atoms with Gasteiger partial charge >= 0.3 is 6.03 Å². The Morgan fingerprint density at radius 3 is 2.76 bits per heavy atom. The number of aromatic nitrogens is 3. The maximum absolute atomic E-state index is 12.1. The topological polar surface area (TPSA) is 83.4 Å². The second-order valence-corrected chi connectivity index (χ2v) is 5.09. The number of hydrogen-bond donors (Lipinski definition) is 1. The van der Waals surface area contributed by atoms with Crippen molar-refractivity contribution in [3.8, 4) is 0 Å². The third kappa shape index (κ3) is 3.32. The van der Waals surface area contributed by atoms with Gasteiger partial charge in [0.2, 0.25) is 5.91 Å². The zero-order valence-corrected chi connectivity index (χ0v) is 12.7. The van der Waals surface area contributed by atoms with Gasteiger partial charge in [0, 0.05) is 26.7 Å². The number of rotatable bonds is 6. The molecular weight excluding hydrogens is 272 g/mol. The molecule has 0 radical (unpaired) electrons. The minimum atomic E-state index is -0.185. The third-order valence-corrected chi connectivity index (χ3v) is 3.64. The van der Waals surface area contributed by atoms with Gasteiger partial charge in [0.05, 0.1) is 6.04 Å². The second-order valence-electron chi connectivity index (χ2n) is 5.09. The van der Waals surface area contributed by atoms with Crippen LogP contribution in [0.2, 0.25) is 0 Å². The Hall–Kier alpha value is -2.12. The highest BCUT2D eigenvalue weighted by Gasteiger charge is 2.28. The van der Waals surface area contributed by atoms with Crippen LogP contribution < -0.4 is 5.32 Å². The van der Waals surface area contributed by atoms with Gasteiger partial charge in [0.1, 0.15) is 18.7 Å². The molecule has 116 valence electrons.